The van der Waals surface area contributed by atoms with E-state index in [2.05, 4.69) is 22.4 Å². The standard InChI is InChI=1S/C17H18N2O3S/c20-15(18-13-7-12(8-13)17(21)22)9-14-10-23-16(19-14)6-11-4-2-1-3-5-11/h1-5,10,12-13H,6-9H2,(H,18,20)(H,21,22). The van der Waals surface area contributed by atoms with E-state index in [4.69, 9.17) is 5.11 Å². The molecule has 1 amide bonds. The number of rotatable bonds is 6. The summed E-state index contributed by atoms with van der Waals surface area (Å²) in [7, 11) is 0. The molecule has 1 aromatic heterocycles. The Morgan fingerprint density at radius 1 is 1.26 bits per heavy atom. The Morgan fingerprint density at radius 3 is 2.70 bits per heavy atom. The van der Waals surface area contributed by atoms with Crippen molar-refractivity contribution in [2.45, 2.75) is 31.7 Å². The van der Waals surface area contributed by atoms with Crippen molar-refractivity contribution in [2.75, 3.05) is 0 Å². The van der Waals surface area contributed by atoms with Crippen molar-refractivity contribution in [2.24, 2.45) is 5.92 Å². The molecule has 0 unspecified atom stereocenters. The first-order valence-corrected chi connectivity index (χ1v) is 8.47. The third-order valence-electron chi connectivity index (χ3n) is 3.99. The van der Waals surface area contributed by atoms with Crippen LogP contribution in [0, 0.1) is 5.92 Å². The van der Waals surface area contributed by atoms with Crippen LogP contribution in [0.2, 0.25) is 0 Å². The number of carbonyl (C=O) groups excluding carboxylic acids is 1. The summed E-state index contributed by atoms with van der Waals surface area (Å²) in [5, 5.41) is 14.6. The summed E-state index contributed by atoms with van der Waals surface area (Å²) in [6, 6.07) is 10.1. The van der Waals surface area contributed by atoms with Crippen molar-refractivity contribution < 1.29 is 14.7 Å². The first-order valence-electron chi connectivity index (χ1n) is 7.59. The molecule has 120 valence electrons. The first-order chi connectivity index (χ1) is 11.1. The summed E-state index contributed by atoms with van der Waals surface area (Å²) in [6.45, 7) is 0. The maximum absolute atomic E-state index is 12.0. The summed E-state index contributed by atoms with van der Waals surface area (Å²) in [6.07, 6.45) is 2.07. The average Bonchev–Trinajstić information content (AvgIpc) is 2.90. The zero-order chi connectivity index (χ0) is 16.2. The minimum Gasteiger partial charge on any atom is -0.481 e. The molecule has 2 N–H and O–H groups in total. The van der Waals surface area contributed by atoms with Gasteiger partial charge in [-0.2, -0.15) is 0 Å². The van der Waals surface area contributed by atoms with Crippen molar-refractivity contribution in [3.05, 3.63) is 52.0 Å². The monoisotopic (exact) mass is 330 g/mol. The number of thiazole rings is 1. The van der Waals surface area contributed by atoms with E-state index in [9.17, 15) is 9.59 Å². The van der Waals surface area contributed by atoms with Gasteiger partial charge in [-0.25, -0.2) is 4.98 Å². The second-order valence-electron chi connectivity index (χ2n) is 5.84. The number of nitrogens with zero attached hydrogens (tertiary/aromatic N) is 1. The summed E-state index contributed by atoms with van der Waals surface area (Å²) < 4.78 is 0. The van der Waals surface area contributed by atoms with Crippen molar-refractivity contribution >= 4 is 23.2 Å². The highest BCUT2D eigenvalue weighted by Gasteiger charge is 2.35. The lowest BCUT2D eigenvalue weighted by atomic mass is 9.80. The van der Waals surface area contributed by atoms with Gasteiger partial charge in [0.2, 0.25) is 5.91 Å². The minimum absolute atomic E-state index is 0.00831. The van der Waals surface area contributed by atoms with Gasteiger partial charge in [0.1, 0.15) is 0 Å². The van der Waals surface area contributed by atoms with Crippen LogP contribution in [0.15, 0.2) is 35.7 Å². The maximum Gasteiger partial charge on any atom is 0.306 e. The van der Waals surface area contributed by atoms with Crippen molar-refractivity contribution in [3.8, 4) is 0 Å². The molecule has 0 spiro atoms. The molecule has 23 heavy (non-hydrogen) atoms. The Morgan fingerprint density at radius 2 is 2.00 bits per heavy atom. The van der Waals surface area contributed by atoms with Gasteiger partial charge in [0, 0.05) is 17.8 Å². The topological polar surface area (TPSA) is 79.3 Å². The van der Waals surface area contributed by atoms with Gasteiger partial charge in [0.05, 0.1) is 23.0 Å². The fraction of sp³-hybridized carbons (Fsp3) is 0.353. The van der Waals surface area contributed by atoms with E-state index in [0.717, 1.165) is 17.1 Å². The third kappa shape index (κ3) is 4.16. The highest BCUT2D eigenvalue weighted by molar-refractivity contribution is 7.09. The van der Waals surface area contributed by atoms with E-state index in [0.29, 0.717) is 12.8 Å². The lowest BCUT2D eigenvalue weighted by molar-refractivity contribution is -0.146. The van der Waals surface area contributed by atoms with E-state index in [1.54, 1.807) is 11.3 Å². The Labute approximate surface area is 138 Å². The molecule has 0 aliphatic heterocycles. The Balaban J connectivity index is 1.47. The summed E-state index contributed by atoms with van der Waals surface area (Å²) in [5.41, 5.74) is 1.97. The van der Waals surface area contributed by atoms with Gasteiger partial charge in [0.25, 0.3) is 0 Å². The highest BCUT2D eigenvalue weighted by atomic mass is 32.1. The molecule has 0 bridgehead atoms. The zero-order valence-electron chi connectivity index (χ0n) is 12.6. The molecule has 3 rings (SSSR count). The number of hydrogen-bond acceptors (Lipinski definition) is 4. The number of aromatic nitrogens is 1. The molecule has 1 heterocycles. The molecule has 1 aliphatic carbocycles. The average molecular weight is 330 g/mol. The number of carboxylic acid groups (broad SMARTS) is 1. The number of aliphatic carboxylic acids is 1. The fourth-order valence-corrected chi connectivity index (χ4v) is 3.49. The molecule has 0 radical (unpaired) electrons. The lowest BCUT2D eigenvalue weighted by Crippen LogP contribution is -2.47. The largest absolute Gasteiger partial charge is 0.481 e. The van der Waals surface area contributed by atoms with E-state index in [-0.39, 0.29) is 24.3 Å². The smallest absolute Gasteiger partial charge is 0.306 e. The van der Waals surface area contributed by atoms with Crippen LogP contribution in [0.4, 0.5) is 0 Å². The highest BCUT2D eigenvalue weighted by Crippen LogP contribution is 2.27. The van der Waals surface area contributed by atoms with Crippen LogP contribution in [-0.4, -0.2) is 28.0 Å². The van der Waals surface area contributed by atoms with Gasteiger partial charge in [-0.15, -0.1) is 11.3 Å². The molecule has 1 saturated carbocycles. The Hall–Kier alpha value is -2.21. The fourth-order valence-electron chi connectivity index (χ4n) is 2.66. The van der Waals surface area contributed by atoms with Gasteiger partial charge in [-0.05, 0) is 18.4 Å². The first kappa shape index (κ1) is 15.7. The summed E-state index contributed by atoms with van der Waals surface area (Å²) >= 11 is 1.56. The van der Waals surface area contributed by atoms with Gasteiger partial charge >= 0.3 is 5.97 Å². The quantitative estimate of drug-likeness (QED) is 0.851. The third-order valence-corrected chi connectivity index (χ3v) is 4.89. The molecule has 1 fully saturated rings. The number of carboxylic acids is 1. The summed E-state index contributed by atoms with van der Waals surface area (Å²) in [4.78, 5) is 27.2. The van der Waals surface area contributed by atoms with Gasteiger partial charge in [-0.3, -0.25) is 9.59 Å². The van der Waals surface area contributed by atoms with Gasteiger partial charge in [0.15, 0.2) is 0 Å². The van der Waals surface area contributed by atoms with E-state index >= 15 is 0 Å². The van der Waals surface area contributed by atoms with Crippen LogP contribution in [0.3, 0.4) is 0 Å². The van der Waals surface area contributed by atoms with Crippen LogP contribution in [-0.2, 0) is 22.4 Å². The number of carbonyl (C=O) groups is 2. The number of hydrogen-bond donors (Lipinski definition) is 2. The minimum atomic E-state index is -0.777. The molecular formula is C17H18N2O3S. The van der Waals surface area contributed by atoms with Crippen LogP contribution >= 0.6 is 11.3 Å². The van der Waals surface area contributed by atoms with Crippen molar-refractivity contribution in [1.82, 2.24) is 10.3 Å². The van der Waals surface area contributed by atoms with E-state index < -0.39 is 5.97 Å². The van der Waals surface area contributed by atoms with Crippen LogP contribution in [0.1, 0.15) is 29.1 Å². The van der Waals surface area contributed by atoms with Crippen LogP contribution in [0.5, 0.6) is 0 Å². The molecule has 0 atom stereocenters. The van der Waals surface area contributed by atoms with Crippen LogP contribution < -0.4 is 5.32 Å². The Bertz CT molecular complexity index is 693. The maximum atomic E-state index is 12.0. The molecule has 1 aromatic carbocycles. The van der Waals surface area contributed by atoms with Crippen LogP contribution in [0.25, 0.3) is 0 Å². The number of benzene rings is 1. The molecule has 1 aliphatic rings. The predicted molar refractivity (Wildman–Crippen MR) is 87.4 cm³/mol. The van der Waals surface area contributed by atoms with Gasteiger partial charge < -0.3 is 10.4 Å². The normalized spacial score (nSPS) is 19.8. The molecule has 6 heteroatoms. The second-order valence-corrected chi connectivity index (χ2v) is 6.79. The summed E-state index contributed by atoms with van der Waals surface area (Å²) in [5.74, 6) is -1.17. The SMILES string of the molecule is O=C(Cc1csc(Cc2ccccc2)n1)NC1CC(C(=O)O)C1. The van der Waals surface area contributed by atoms with Gasteiger partial charge in [-0.1, -0.05) is 30.3 Å². The van der Waals surface area contributed by atoms with Crippen molar-refractivity contribution in [3.63, 3.8) is 0 Å². The molecule has 0 saturated heterocycles. The van der Waals surface area contributed by atoms with E-state index in [1.807, 2.05) is 23.6 Å². The predicted octanol–water partition coefficient (Wildman–Crippen LogP) is 2.26. The molecule has 5 nitrogen and oxygen atoms in total. The zero-order valence-corrected chi connectivity index (χ0v) is 13.4. The van der Waals surface area contributed by atoms with Crippen molar-refractivity contribution in [1.29, 1.82) is 0 Å². The van der Waals surface area contributed by atoms with E-state index in [1.165, 1.54) is 5.56 Å². The molecular weight excluding hydrogens is 312 g/mol. The number of nitrogens with one attached hydrogen (secondary N) is 1. The Kier molecular flexibility index (Phi) is 4.71. The lowest BCUT2D eigenvalue weighted by Gasteiger charge is -2.32. The number of amides is 1. The molecule has 2 aromatic rings. The second kappa shape index (κ2) is 6.91.